The monoisotopic (exact) mass is 540 g/mol. The van der Waals surface area contributed by atoms with Crippen molar-refractivity contribution in [2.75, 3.05) is 19.6 Å². The number of allylic oxidation sites excluding steroid dienone is 1. The van der Waals surface area contributed by atoms with E-state index in [1.54, 1.807) is 24.4 Å². The zero-order valence-electron chi connectivity index (χ0n) is 23.0. The van der Waals surface area contributed by atoms with Crippen molar-refractivity contribution in [1.29, 1.82) is 0 Å². The maximum atomic E-state index is 15.9. The van der Waals surface area contributed by atoms with E-state index < -0.39 is 12.4 Å². The topological polar surface area (TPSA) is 53.4 Å². The van der Waals surface area contributed by atoms with Crippen molar-refractivity contribution >= 4 is 11.5 Å². The van der Waals surface area contributed by atoms with Crippen molar-refractivity contribution in [3.63, 3.8) is 0 Å². The van der Waals surface area contributed by atoms with Gasteiger partial charge in [0.05, 0.1) is 5.56 Å². The van der Waals surface area contributed by atoms with E-state index in [4.69, 9.17) is 4.98 Å². The van der Waals surface area contributed by atoms with Gasteiger partial charge in [-0.1, -0.05) is 25.5 Å². The first kappa shape index (κ1) is 27.9. The highest BCUT2D eigenvalue weighted by molar-refractivity contribution is 5.90. The lowest BCUT2D eigenvalue weighted by molar-refractivity contribution is 0.0625. The lowest BCUT2D eigenvalue weighted by Crippen LogP contribution is -2.48. The molecule has 2 aromatic rings. The van der Waals surface area contributed by atoms with Crippen LogP contribution in [0, 0.1) is 23.1 Å². The first-order chi connectivity index (χ1) is 18.6. The summed E-state index contributed by atoms with van der Waals surface area (Å²) in [5.74, 6) is -0.615. The molecule has 1 saturated carbocycles. The maximum absolute atomic E-state index is 15.9. The van der Waals surface area contributed by atoms with E-state index in [0.717, 1.165) is 80.3 Å². The van der Waals surface area contributed by atoms with Gasteiger partial charge in [-0.2, -0.15) is 0 Å². The van der Waals surface area contributed by atoms with Crippen LogP contribution < -0.4 is 0 Å². The Hall–Kier alpha value is -2.67. The minimum Gasteiger partial charge on any atom is -0.478 e. The zero-order valence-corrected chi connectivity index (χ0v) is 23.0. The van der Waals surface area contributed by atoms with E-state index in [1.807, 2.05) is 11.0 Å². The Balaban J connectivity index is 1.45. The fourth-order valence-corrected chi connectivity index (χ4v) is 6.76. The standard InChI is InChI=1S/C32H39F3N2O2/c1-32(2)11-8-22(9-12-32)25-5-3-4-23-16-24(31(38)39)6-7-26(23)29(25)30-27(33)15-20(17-36-30)14-21-18-37(19-21)13-10-28(34)35/h6-7,15-17,21-22,28H,3-5,8-14,18-19H2,1-2H3,(H,38,39). The molecule has 210 valence electrons. The van der Waals surface area contributed by atoms with Gasteiger partial charge in [0.15, 0.2) is 0 Å². The molecular formula is C32H39F3N2O2. The molecule has 0 unspecified atom stereocenters. The minimum atomic E-state index is -2.28. The second-order valence-corrected chi connectivity index (χ2v) is 12.6. The fourth-order valence-electron chi connectivity index (χ4n) is 6.76. The van der Waals surface area contributed by atoms with Crippen LogP contribution in [0.4, 0.5) is 13.2 Å². The van der Waals surface area contributed by atoms with Crippen molar-refractivity contribution in [1.82, 2.24) is 9.88 Å². The molecular weight excluding hydrogens is 501 g/mol. The second-order valence-electron chi connectivity index (χ2n) is 12.6. The molecule has 3 aliphatic rings. The summed E-state index contributed by atoms with van der Waals surface area (Å²) in [6.45, 7) is 6.53. The van der Waals surface area contributed by atoms with Crippen molar-refractivity contribution in [3.05, 3.63) is 69.8 Å². The molecule has 2 fully saturated rings. The van der Waals surface area contributed by atoms with Gasteiger partial charge in [-0.25, -0.2) is 18.0 Å². The number of halogens is 3. The average Bonchev–Trinajstić information content (AvgIpc) is 3.04. The number of aromatic carboxylic acids is 1. The Kier molecular flexibility index (Phi) is 8.18. The molecule has 0 atom stereocenters. The van der Waals surface area contributed by atoms with Crippen LogP contribution >= 0.6 is 0 Å². The minimum absolute atomic E-state index is 0.108. The molecule has 4 nitrogen and oxygen atoms in total. The van der Waals surface area contributed by atoms with Crippen molar-refractivity contribution in [2.24, 2.45) is 17.3 Å². The average molecular weight is 541 g/mol. The molecule has 2 aliphatic carbocycles. The van der Waals surface area contributed by atoms with Gasteiger partial charge in [0.1, 0.15) is 11.5 Å². The Bertz CT molecular complexity index is 1240. The summed E-state index contributed by atoms with van der Waals surface area (Å²) in [6.07, 6.45) is 6.97. The summed E-state index contributed by atoms with van der Waals surface area (Å²) in [6, 6.07) is 6.81. The summed E-state index contributed by atoms with van der Waals surface area (Å²) in [7, 11) is 0. The predicted octanol–water partition coefficient (Wildman–Crippen LogP) is 7.40. The number of carboxylic acids is 1. The number of alkyl halides is 2. The molecule has 0 spiro atoms. The van der Waals surface area contributed by atoms with E-state index in [2.05, 4.69) is 13.8 Å². The Morgan fingerprint density at radius 1 is 1.15 bits per heavy atom. The van der Waals surface area contributed by atoms with Gasteiger partial charge in [-0.05, 0) is 104 Å². The van der Waals surface area contributed by atoms with Gasteiger partial charge in [-0.3, -0.25) is 4.98 Å². The number of carbonyl (C=O) groups is 1. The van der Waals surface area contributed by atoms with Crippen LogP contribution in [-0.2, 0) is 12.8 Å². The summed E-state index contributed by atoms with van der Waals surface area (Å²) in [4.78, 5) is 18.4. The second kappa shape index (κ2) is 11.4. The number of aromatic nitrogens is 1. The van der Waals surface area contributed by atoms with Gasteiger partial charge in [0.25, 0.3) is 0 Å². The van der Waals surface area contributed by atoms with E-state index in [-0.39, 0.29) is 17.8 Å². The molecule has 0 radical (unpaired) electrons. The number of aryl methyl sites for hydroxylation is 1. The molecule has 1 aliphatic heterocycles. The molecule has 1 aromatic carbocycles. The highest BCUT2D eigenvalue weighted by atomic mass is 19.3. The first-order valence-corrected chi connectivity index (χ1v) is 14.3. The largest absolute Gasteiger partial charge is 0.478 e. The number of carboxylic acid groups (broad SMARTS) is 1. The van der Waals surface area contributed by atoms with E-state index in [9.17, 15) is 18.7 Å². The van der Waals surface area contributed by atoms with Crippen LogP contribution in [-0.4, -0.2) is 47.0 Å². The number of benzene rings is 1. The number of hydrogen-bond acceptors (Lipinski definition) is 3. The van der Waals surface area contributed by atoms with Crippen LogP contribution in [0.2, 0.25) is 0 Å². The fraction of sp³-hybridized carbons (Fsp3) is 0.562. The molecule has 1 saturated heterocycles. The lowest BCUT2D eigenvalue weighted by Gasteiger charge is -2.39. The number of likely N-dealkylation sites (tertiary alicyclic amines) is 1. The lowest BCUT2D eigenvalue weighted by atomic mass is 9.69. The normalized spacial score (nSPS) is 20.6. The molecule has 7 heteroatoms. The van der Waals surface area contributed by atoms with E-state index in [0.29, 0.717) is 35.9 Å². The molecule has 1 aromatic heterocycles. The Labute approximate surface area is 229 Å². The summed E-state index contributed by atoms with van der Waals surface area (Å²) >= 11 is 0. The summed E-state index contributed by atoms with van der Waals surface area (Å²) in [5.41, 5.74) is 5.73. The maximum Gasteiger partial charge on any atom is 0.335 e. The quantitative estimate of drug-likeness (QED) is 0.379. The van der Waals surface area contributed by atoms with Gasteiger partial charge in [-0.15, -0.1) is 0 Å². The first-order valence-electron chi connectivity index (χ1n) is 14.3. The third-order valence-corrected chi connectivity index (χ3v) is 9.02. The predicted molar refractivity (Wildman–Crippen MR) is 147 cm³/mol. The zero-order chi connectivity index (χ0) is 27.7. The third-order valence-electron chi connectivity index (χ3n) is 9.02. The van der Waals surface area contributed by atoms with Gasteiger partial charge in [0.2, 0.25) is 6.43 Å². The molecule has 5 rings (SSSR count). The number of fused-ring (bicyclic) bond motifs is 1. The molecule has 0 amide bonds. The van der Waals surface area contributed by atoms with Crippen LogP contribution in [0.3, 0.4) is 0 Å². The van der Waals surface area contributed by atoms with E-state index in [1.165, 1.54) is 5.57 Å². The van der Waals surface area contributed by atoms with Crippen molar-refractivity contribution < 1.29 is 23.1 Å². The summed E-state index contributed by atoms with van der Waals surface area (Å²) < 4.78 is 40.9. The number of pyridine rings is 1. The Morgan fingerprint density at radius 3 is 2.56 bits per heavy atom. The molecule has 39 heavy (non-hydrogen) atoms. The number of hydrogen-bond donors (Lipinski definition) is 1. The SMILES string of the molecule is CC1(C)CCC(C2=C(c3ncc(CC4CN(CCC(F)F)C4)cc3F)c3ccc(C(=O)O)cc3CCC2)CC1. The highest BCUT2D eigenvalue weighted by Gasteiger charge is 2.33. The van der Waals surface area contributed by atoms with Gasteiger partial charge >= 0.3 is 5.97 Å². The summed E-state index contributed by atoms with van der Waals surface area (Å²) in [5, 5.41) is 9.57. The number of nitrogens with zero attached hydrogens (tertiary/aromatic N) is 2. The molecule has 1 N–H and O–H groups in total. The van der Waals surface area contributed by atoms with Crippen LogP contribution in [0.25, 0.3) is 5.57 Å². The third kappa shape index (κ3) is 6.40. The smallest absolute Gasteiger partial charge is 0.335 e. The van der Waals surface area contributed by atoms with Gasteiger partial charge in [0, 0.05) is 37.8 Å². The van der Waals surface area contributed by atoms with Gasteiger partial charge < -0.3 is 10.0 Å². The van der Waals surface area contributed by atoms with Crippen molar-refractivity contribution in [3.8, 4) is 0 Å². The van der Waals surface area contributed by atoms with E-state index >= 15 is 4.39 Å². The van der Waals surface area contributed by atoms with Crippen LogP contribution in [0.1, 0.15) is 91.5 Å². The molecule has 2 heterocycles. The number of rotatable bonds is 8. The van der Waals surface area contributed by atoms with Crippen LogP contribution in [0.15, 0.2) is 36.0 Å². The Morgan fingerprint density at radius 2 is 1.90 bits per heavy atom. The van der Waals surface area contributed by atoms with Crippen LogP contribution in [0.5, 0.6) is 0 Å². The van der Waals surface area contributed by atoms with Crippen molar-refractivity contribution in [2.45, 2.75) is 78.1 Å². The molecule has 0 bridgehead atoms. The highest BCUT2D eigenvalue weighted by Crippen LogP contribution is 2.46.